The molecular formula is C21H43NO. The molecule has 1 heterocycles. The van der Waals surface area contributed by atoms with E-state index in [9.17, 15) is 0 Å². The molecule has 0 aromatic rings. The molecule has 0 spiro atoms. The second-order valence-corrected chi connectivity index (χ2v) is 7.53. The van der Waals surface area contributed by atoms with Gasteiger partial charge in [0.25, 0.3) is 0 Å². The highest BCUT2D eigenvalue weighted by atomic mass is 16.5. The van der Waals surface area contributed by atoms with Crippen LogP contribution in [-0.2, 0) is 4.74 Å². The predicted octanol–water partition coefficient (Wildman–Crippen LogP) is 6.19. The number of ether oxygens (including phenoxy) is 1. The fraction of sp³-hybridized carbons (Fsp3) is 1.00. The molecule has 0 aromatic carbocycles. The molecule has 0 amide bonds. The molecule has 0 bridgehead atoms. The van der Waals surface area contributed by atoms with Gasteiger partial charge in [-0.2, -0.15) is 0 Å². The normalized spacial score (nSPS) is 17.2. The summed E-state index contributed by atoms with van der Waals surface area (Å²) in [5.41, 5.74) is 0. The number of rotatable bonds is 14. The van der Waals surface area contributed by atoms with Gasteiger partial charge in [0.2, 0.25) is 0 Å². The van der Waals surface area contributed by atoms with Crippen LogP contribution in [0.1, 0.15) is 104 Å². The summed E-state index contributed by atoms with van der Waals surface area (Å²) in [5, 5.41) is 0. The van der Waals surface area contributed by atoms with Gasteiger partial charge in [0.15, 0.2) is 0 Å². The molecule has 0 aliphatic carbocycles. The van der Waals surface area contributed by atoms with Crippen LogP contribution in [0.5, 0.6) is 0 Å². The van der Waals surface area contributed by atoms with Crippen molar-refractivity contribution < 1.29 is 4.74 Å². The summed E-state index contributed by atoms with van der Waals surface area (Å²) < 4.78 is 5.54. The fourth-order valence-corrected chi connectivity index (χ4v) is 3.95. The van der Waals surface area contributed by atoms with E-state index in [4.69, 9.17) is 4.74 Å². The SMILES string of the molecule is CCCCCCCC(CCCCCCC)N1CCC(OC)CC1. The highest BCUT2D eigenvalue weighted by Gasteiger charge is 2.24. The summed E-state index contributed by atoms with van der Waals surface area (Å²) in [5.74, 6) is 0. The van der Waals surface area contributed by atoms with Crippen LogP contribution in [0, 0.1) is 0 Å². The molecule has 0 N–H and O–H groups in total. The van der Waals surface area contributed by atoms with Crippen LogP contribution in [0.15, 0.2) is 0 Å². The lowest BCUT2D eigenvalue weighted by molar-refractivity contribution is 0.0235. The van der Waals surface area contributed by atoms with Crippen LogP contribution in [0.25, 0.3) is 0 Å². The average molecular weight is 326 g/mol. The van der Waals surface area contributed by atoms with Crippen LogP contribution >= 0.6 is 0 Å². The van der Waals surface area contributed by atoms with Crippen molar-refractivity contribution in [3.63, 3.8) is 0 Å². The van der Waals surface area contributed by atoms with Gasteiger partial charge in [-0.15, -0.1) is 0 Å². The van der Waals surface area contributed by atoms with Crippen LogP contribution < -0.4 is 0 Å². The van der Waals surface area contributed by atoms with Crippen LogP contribution in [0.3, 0.4) is 0 Å². The first-order chi connectivity index (χ1) is 11.3. The molecule has 0 atom stereocenters. The molecule has 2 nitrogen and oxygen atoms in total. The van der Waals surface area contributed by atoms with Crippen molar-refractivity contribution in [2.75, 3.05) is 20.2 Å². The second-order valence-electron chi connectivity index (χ2n) is 7.53. The highest BCUT2D eigenvalue weighted by molar-refractivity contribution is 4.79. The van der Waals surface area contributed by atoms with E-state index in [0.717, 1.165) is 6.04 Å². The number of likely N-dealkylation sites (tertiary alicyclic amines) is 1. The third-order valence-corrected chi connectivity index (χ3v) is 5.61. The van der Waals surface area contributed by atoms with Crippen molar-refractivity contribution in [1.82, 2.24) is 4.90 Å². The Balaban J connectivity index is 2.28. The molecular weight excluding hydrogens is 282 g/mol. The maximum absolute atomic E-state index is 5.54. The maximum Gasteiger partial charge on any atom is 0.0595 e. The minimum atomic E-state index is 0.515. The van der Waals surface area contributed by atoms with E-state index in [1.165, 1.54) is 103 Å². The number of unbranched alkanes of at least 4 members (excludes halogenated alkanes) is 8. The zero-order chi connectivity index (χ0) is 16.8. The maximum atomic E-state index is 5.54. The largest absolute Gasteiger partial charge is 0.381 e. The van der Waals surface area contributed by atoms with E-state index < -0.39 is 0 Å². The number of hydrogen-bond donors (Lipinski definition) is 0. The molecule has 0 unspecified atom stereocenters. The minimum Gasteiger partial charge on any atom is -0.381 e. The molecule has 1 rings (SSSR count). The third-order valence-electron chi connectivity index (χ3n) is 5.61. The lowest BCUT2D eigenvalue weighted by atomic mass is 9.96. The Morgan fingerprint density at radius 2 is 1.26 bits per heavy atom. The summed E-state index contributed by atoms with van der Waals surface area (Å²) in [6, 6.07) is 0.844. The quantitative estimate of drug-likeness (QED) is 0.353. The van der Waals surface area contributed by atoms with Gasteiger partial charge >= 0.3 is 0 Å². The van der Waals surface area contributed by atoms with Crippen molar-refractivity contribution in [3.05, 3.63) is 0 Å². The third kappa shape index (κ3) is 9.72. The van der Waals surface area contributed by atoms with Crippen LogP contribution in [0.2, 0.25) is 0 Å². The summed E-state index contributed by atoms with van der Waals surface area (Å²) in [7, 11) is 1.87. The van der Waals surface area contributed by atoms with Crippen molar-refractivity contribution in [3.8, 4) is 0 Å². The van der Waals surface area contributed by atoms with Gasteiger partial charge in [-0.1, -0.05) is 78.1 Å². The predicted molar refractivity (Wildman–Crippen MR) is 102 cm³/mol. The zero-order valence-corrected chi connectivity index (χ0v) is 16.3. The number of nitrogens with zero attached hydrogens (tertiary/aromatic N) is 1. The topological polar surface area (TPSA) is 12.5 Å². The number of methoxy groups -OCH3 is 1. The first-order valence-electron chi connectivity index (χ1n) is 10.6. The fourth-order valence-electron chi connectivity index (χ4n) is 3.95. The summed E-state index contributed by atoms with van der Waals surface area (Å²) in [4.78, 5) is 2.79. The average Bonchev–Trinajstić information content (AvgIpc) is 2.59. The molecule has 2 heteroatoms. The number of hydrogen-bond acceptors (Lipinski definition) is 2. The molecule has 0 radical (unpaired) electrons. The van der Waals surface area contributed by atoms with E-state index in [0.29, 0.717) is 6.10 Å². The summed E-state index contributed by atoms with van der Waals surface area (Å²) in [6.07, 6.45) is 20.0. The van der Waals surface area contributed by atoms with Crippen molar-refractivity contribution >= 4 is 0 Å². The molecule has 1 aliphatic rings. The molecule has 0 saturated carbocycles. The van der Waals surface area contributed by atoms with Crippen molar-refractivity contribution in [2.45, 2.75) is 116 Å². The highest BCUT2D eigenvalue weighted by Crippen LogP contribution is 2.23. The minimum absolute atomic E-state index is 0.515. The first-order valence-corrected chi connectivity index (χ1v) is 10.6. The second kappa shape index (κ2) is 14.3. The molecule has 1 fully saturated rings. The Hall–Kier alpha value is -0.0800. The molecule has 138 valence electrons. The molecule has 23 heavy (non-hydrogen) atoms. The van der Waals surface area contributed by atoms with E-state index >= 15 is 0 Å². The van der Waals surface area contributed by atoms with Crippen LogP contribution in [0.4, 0.5) is 0 Å². The van der Waals surface area contributed by atoms with E-state index in [1.807, 2.05) is 7.11 Å². The van der Waals surface area contributed by atoms with Gasteiger partial charge in [-0.05, 0) is 25.7 Å². The molecule has 0 aromatic heterocycles. The van der Waals surface area contributed by atoms with Gasteiger partial charge in [-0.25, -0.2) is 0 Å². The monoisotopic (exact) mass is 325 g/mol. The van der Waals surface area contributed by atoms with Crippen molar-refractivity contribution in [1.29, 1.82) is 0 Å². The van der Waals surface area contributed by atoms with E-state index in [1.54, 1.807) is 0 Å². The first kappa shape index (κ1) is 21.0. The summed E-state index contributed by atoms with van der Waals surface area (Å²) >= 11 is 0. The van der Waals surface area contributed by atoms with Crippen molar-refractivity contribution in [2.24, 2.45) is 0 Å². The lowest BCUT2D eigenvalue weighted by Crippen LogP contribution is -2.43. The van der Waals surface area contributed by atoms with Gasteiger partial charge in [0, 0.05) is 26.2 Å². The van der Waals surface area contributed by atoms with E-state index in [-0.39, 0.29) is 0 Å². The van der Waals surface area contributed by atoms with Gasteiger partial charge in [0.05, 0.1) is 6.10 Å². The standard InChI is InChI=1S/C21H43NO/c1-4-6-8-10-12-14-20(15-13-11-9-7-5-2)22-18-16-21(23-3)17-19-22/h20-21H,4-19H2,1-3H3. The zero-order valence-electron chi connectivity index (χ0n) is 16.3. The Kier molecular flexibility index (Phi) is 13.0. The lowest BCUT2D eigenvalue weighted by Gasteiger charge is -2.37. The van der Waals surface area contributed by atoms with Gasteiger partial charge in [-0.3, -0.25) is 0 Å². The summed E-state index contributed by atoms with van der Waals surface area (Å²) in [6.45, 7) is 7.12. The van der Waals surface area contributed by atoms with Gasteiger partial charge in [0.1, 0.15) is 0 Å². The molecule has 1 aliphatic heterocycles. The van der Waals surface area contributed by atoms with E-state index in [2.05, 4.69) is 18.7 Å². The molecule has 1 saturated heterocycles. The Labute approximate surface area is 146 Å². The van der Waals surface area contributed by atoms with Gasteiger partial charge < -0.3 is 9.64 Å². The Morgan fingerprint density at radius 1 is 0.783 bits per heavy atom. The Morgan fingerprint density at radius 3 is 1.70 bits per heavy atom. The number of piperidine rings is 1. The smallest absolute Gasteiger partial charge is 0.0595 e. The van der Waals surface area contributed by atoms with Crippen LogP contribution in [-0.4, -0.2) is 37.2 Å². The Bertz CT molecular complexity index is 234.